The molecule has 2 N–H and O–H groups in total. The van der Waals surface area contributed by atoms with Gasteiger partial charge in [0.05, 0.1) is 16.7 Å². The minimum atomic E-state index is -0.475. The quantitative estimate of drug-likeness (QED) is 0.354. The molecule has 2 aromatic rings. The maximum atomic E-state index is 12.5. The highest BCUT2D eigenvalue weighted by molar-refractivity contribution is 7.98. The zero-order valence-corrected chi connectivity index (χ0v) is 18.1. The molecule has 1 aromatic heterocycles. The van der Waals surface area contributed by atoms with E-state index in [9.17, 15) is 19.7 Å². The maximum absolute atomic E-state index is 12.5. The first-order valence-corrected chi connectivity index (χ1v) is 11.4. The number of carbonyl (C=O) groups excluding carboxylic acids is 2. The van der Waals surface area contributed by atoms with Crippen molar-refractivity contribution in [2.24, 2.45) is 0 Å². The summed E-state index contributed by atoms with van der Waals surface area (Å²) < 4.78 is 7.06. The van der Waals surface area contributed by atoms with Crippen molar-refractivity contribution in [2.75, 3.05) is 18.5 Å². The molecule has 0 radical (unpaired) electrons. The van der Waals surface area contributed by atoms with Crippen LogP contribution in [0, 0.1) is 10.1 Å². The molecule has 3 heterocycles. The van der Waals surface area contributed by atoms with Gasteiger partial charge < -0.3 is 15.4 Å². The van der Waals surface area contributed by atoms with Crippen LogP contribution < -0.4 is 10.6 Å². The molecule has 2 aliphatic rings. The Labute approximate surface area is 188 Å². The number of rotatable bonds is 8. The number of amides is 2. The summed E-state index contributed by atoms with van der Waals surface area (Å²) >= 11 is 1.70. The zero-order valence-electron chi connectivity index (χ0n) is 17.3. The predicted octanol–water partition coefficient (Wildman–Crippen LogP) is 2.49. The van der Waals surface area contributed by atoms with Crippen molar-refractivity contribution in [1.29, 1.82) is 0 Å². The van der Waals surface area contributed by atoms with Crippen molar-refractivity contribution in [3.8, 4) is 0 Å². The Kier molecular flexibility index (Phi) is 6.86. The highest BCUT2D eigenvalue weighted by atomic mass is 32.2. The molecule has 0 aliphatic carbocycles. The molecular formula is C21H23N5O5S. The lowest BCUT2D eigenvalue weighted by atomic mass is 10.2. The molecule has 2 aliphatic heterocycles. The molecule has 0 bridgehead atoms. The molecule has 1 atom stereocenters. The van der Waals surface area contributed by atoms with E-state index in [2.05, 4.69) is 15.7 Å². The number of nitrogens with zero attached hydrogens (tertiary/aromatic N) is 3. The summed E-state index contributed by atoms with van der Waals surface area (Å²) in [6, 6.07) is 5.90. The Balaban J connectivity index is 1.40. The van der Waals surface area contributed by atoms with Crippen LogP contribution in [0.1, 0.15) is 29.7 Å². The molecule has 32 heavy (non-hydrogen) atoms. The lowest BCUT2D eigenvalue weighted by Gasteiger charge is -2.12. The summed E-state index contributed by atoms with van der Waals surface area (Å²) in [5, 5.41) is 21.0. The molecule has 0 spiro atoms. The number of fused-ring (bicyclic) bond motifs is 1. The fourth-order valence-electron chi connectivity index (χ4n) is 3.58. The van der Waals surface area contributed by atoms with Gasteiger partial charge in [-0.1, -0.05) is 0 Å². The number of thioether (sulfide) groups is 1. The minimum absolute atomic E-state index is 0.00602. The Morgan fingerprint density at radius 3 is 2.84 bits per heavy atom. The van der Waals surface area contributed by atoms with Crippen LogP contribution in [-0.4, -0.2) is 45.8 Å². The summed E-state index contributed by atoms with van der Waals surface area (Å²) in [5.41, 5.74) is 2.45. The van der Waals surface area contributed by atoms with Gasteiger partial charge in [0.1, 0.15) is 12.4 Å². The molecular weight excluding hydrogens is 434 g/mol. The van der Waals surface area contributed by atoms with Crippen molar-refractivity contribution in [2.45, 2.75) is 37.0 Å². The number of aromatic nitrogens is 2. The Hall–Kier alpha value is -3.18. The molecule has 1 aromatic carbocycles. The predicted molar refractivity (Wildman–Crippen MR) is 120 cm³/mol. The van der Waals surface area contributed by atoms with Crippen LogP contribution in [0.25, 0.3) is 6.08 Å². The number of hydrogen-bond donors (Lipinski definition) is 2. The maximum Gasteiger partial charge on any atom is 0.269 e. The second-order valence-corrected chi connectivity index (χ2v) is 8.52. The van der Waals surface area contributed by atoms with Crippen molar-refractivity contribution in [3.63, 3.8) is 0 Å². The number of nitro groups is 1. The van der Waals surface area contributed by atoms with E-state index >= 15 is 0 Å². The number of hydrogen-bond acceptors (Lipinski definition) is 7. The van der Waals surface area contributed by atoms with Gasteiger partial charge in [0, 0.05) is 48.4 Å². The highest BCUT2D eigenvalue weighted by Crippen LogP contribution is 2.34. The minimum Gasteiger partial charge on any atom is -0.376 e. The van der Waals surface area contributed by atoms with Crippen molar-refractivity contribution in [1.82, 2.24) is 15.1 Å². The number of anilines is 1. The van der Waals surface area contributed by atoms with Gasteiger partial charge in [0.25, 0.3) is 5.69 Å². The van der Waals surface area contributed by atoms with E-state index in [4.69, 9.17) is 4.74 Å². The van der Waals surface area contributed by atoms with Crippen LogP contribution in [0.15, 0.2) is 30.3 Å². The number of nitro benzene ring substituents is 1. The zero-order chi connectivity index (χ0) is 22.5. The molecule has 1 fully saturated rings. The van der Waals surface area contributed by atoms with E-state index in [1.807, 2.05) is 0 Å². The van der Waals surface area contributed by atoms with Crippen molar-refractivity contribution < 1.29 is 19.2 Å². The average Bonchev–Trinajstić information content (AvgIpc) is 3.51. The molecule has 10 nitrogen and oxygen atoms in total. The summed E-state index contributed by atoms with van der Waals surface area (Å²) in [6.07, 6.45) is 4.93. The second-order valence-electron chi connectivity index (χ2n) is 7.53. The largest absolute Gasteiger partial charge is 0.376 e. The van der Waals surface area contributed by atoms with Gasteiger partial charge in [-0.05, 0) is 36.6 Å². The standard InChI is InChI=1S/C21H23N5O5S/c27-19(8-5-14-3-6-15(7-4-14)26(29)30)23-21-17-12-32-13-18(17)24-25(21)11-20(28)22-10-16-2-1-9-31-16/h3-8,16H,1-2,9-13H2,(H,22,28)(H,23,27)/b8-5-. The molecule has 1 saturated heterocycles. The van der Waals surface area contributed by atoms with Gasteiger partial charge in [0.15, 0.2) is 0 Å². The third-order valence-electron chi connectivity index (χ3n) is 5.24. The lowest BCUT2D eigenvalue weighted by molar-refractivity contribution is -0.384. The normalized spacial score (nSPS) is 17.4. The number of non-ortho nitro benzene ring substituents is 1. The number of nitrogens with one attached hydrogen (secondary N) is 2. The van der Waals surface area contributed by atoms with E-state index in [0.29, 0.717) is 23.7 Å². The molecule has 0 saturated carbocycles. The Bertz CT molecular complexity index is 1040. The van der Waals surface area contributed by atoms with Crippen LogP contribution in [0.4, 0.5) is 11.5 Å². The average molecular weight is 458 g/mol. The molecule has 168 valence electrons. The summed E-state index contributed by atoms with van der Waals surface area (Å²) in [4.78, 5) is 35.2. The van der Waals surface area contributed by atoms with E-state index in [-0.39, 0.29) is 30.2 Å². The van der Waals surface area contributed by atoms with Crippen LogP contribution in [-0.2, 0) is 32.4 Å². The molecule has 1 unspecified atom stereocenters. The first-order chi connectivity index (χ1) is 15.5. The monoisotopic (exact) mass is 457 g/mol. The van der Waals surface area contributed by atoms with E-state index in [1.165, 1.54) is 22.9 Å². The smallest absolute Gasteiger partial charge is 0.269 e. The lowest BCUT2D eigenvalue weighted by Crippen LogP contribution is -2.34. The van der Waals surface area contributed by atoms with Gasteiger partial charge in [-0.25, -0.2) is 4.68 Å². The van der Waals surface area contributed by atoms with Crippen molar-refractivity contribution in [3.05, 3.63) is 57.3 Å². The Morgan fingerprint density at radius 1 is 1.31 bits per heavy atom. The first-order valence-electron chi connectivity index (χ1n) is 10.3. The van der Waals surface area contributed by atoms with Gasteiger partial charge in [0.2, 0.25) is 11.8 Å². The van der Waals surface area contributed by atoms with Crippen LogP contribution in [0.3, 0.4) is 0 Å². The second kappa shape index (κ2) is 9.96. The Morgan fingerprint density at radius 2 is 2.12 bits per heavy atom. The number of carbonyl (C=O) groups is 2. The summed E-state index contributed by atoms with van der Waals surface area (Å²) in [7, 11) is 0. The topological polar surface area (TPSA) is 128 Å². The highest BCUT2D eigenvalue weighted by Gasteiger charge is 2.25. The van der Waals surface area contributed by atoms with Crippen molar-refractivity contribution >= 4 is 41.2 Å². The summed E-state index contributed by atoms with van der Waals surface area (Å²) in [5.74, 6) is 1.42. The molecule has 2 amide bonds. The number of benzene rings is 1. The summed E-state index contributed by atoms with van der Waals surface area (Å²) in [6.45, 7) is 1.20. The van der Waals surface area contributed by atoms with Crippen LogP contribution in [0.2, 0.25) is 0 Å². The van der Waals surface area contributed by atoms with Gasteiger partial charge in [-0.15, -0.1) is 0 Å². The first kappa shape index (κ1) is 22.0. The fourth-order valence-corrected chi connectivity index (χ4v) is 4.62. The molecule has 4 rings (SSSR count). The molecule has 11 heteroatoms. The SMILES string of the molecule is O=C(/C=C\c1ccc([N+](=O)[O-])cc1)Nc1c2c(nn1CC(=O)NCC1CCCO1)CSC2. The van der Waals surface area contributed by atoms with E-state index in [0.717, 1.165) is 36.5 Å². The third-order valence-corrected chi connectivity index (χ3v) is 6.21. The van der Waals surface area contributed by atoms with Crippen LogP contribution >= 0.6 is 11.8 Å². The van der Waals surface area contributed by atoms with E-state index < -0.39 is 4.92 Å². The number of ether oxygens (including phenoxy) is 1. The van der Waals surface area contributed by atoms with Gasteiger partial charge in [-0.2, -0.15) is 16.9 Å². The fraction of sp³-hybridized carbons (Fsp3) is 0.381. The van der Waals surface area contributed by atoms with Gasteiger partial charge >= 0.3 is 0 Å². The van der Waals surface area contributed by atoms with Gasteiger partial charge in [-0.3, -0.25) is 19.7 Å². The third kappa shape index (κ3) is 5.35. The van der Waals surface area contributed by atoms with E-state index in [1.54, 1.807) is 30.0 Å². The van der Waals surface area contributed by atoms with Crippen LogP contribution in [0.5, 0.6) is 0 Å².